The largest absolute Gasteiger partial charge is 0.474 e. The maximum Gasteiger partial charge on any atom is 0.433 e. The van der Waals surface area contributed by atoms with Crippen molar-refractivity contribution in [1.29, 1.82) is 0 Å². The average molecular weight is 309 g/mol. The summed E-state index contributed by atoms with van der Waals surface area (Å²) in [7, 11) is 0. The van der Waals surface area contributed by atoms with Crippen molar-refractivity contribution in [2.24, 2.45) is 5.92 Å². The van der Waals surface area contributed by atoms with Crippen molar-refractivity contribution in [3.05, 3.63) is 17.0 Å². The van der Waals surface area contributed by atoms with Crippen LogP contribution in [-0.4, -0.2) is 16.1 Å². The molecular formula is C13H16ClF3N2O. The lowest BCUT2D eigenvalue weighted by Crippen LogP contribution is -2.30. The summed E-state index contributed by atoms with van der Waals surface area (Å²) >= 11 is 5.54. The Balaban J connectivity index is 2.18. The van der Waals surface area contributed by atoms with Crippen molar-refractivity contribution >= 4 is 11.6 Å². The highest BCUT2D eigenvalue weighted by molar-refractivity contribution is 6.28. The number of aromatic nitrogens is 2. The molecule has 2 rings (SSSR count). The van der Waals surface area contributed by atoms with Crippen molar-refractivity contribution in [2.75, 3.05) is 0 Å². The smallest absolute Gasteiger partial charge is 0.433 e. The Morgan fingerprint density at radius 3 is 2.65 bits per heavy atom. The molecule has 0 amide bonds. The van der Waals surface area contributed by atoms with Crippen LogP contribution in [0, 0.1) is 5.92 Å². The molecule has 0 radical (unpaired) electrons. The Morgan fingerprint density at radius 1 is 1.30 bits per heavy atom. The van der Waals surface area contributed by atoms with Gasteiger partial charge in [-0.05, 0) is 43.2 Å². The highest BCUT2D eigenvalue weighted by Crippen LogP contribution is 2.33. The standard InChI is InChI=1S/C13H16ClF3N2O/c1-2-8-5-3-4-6-9(8)20-11-7-10(13(15,16)17)18-12(14)19-11/h7-9H,2-6H2,1H3. The first-order chi connectivity index (χ1) is 9.40. The summed E-state index contributed by atoms with van der Waals surface area (Å²) in [5.41, 5.74) is -1.07. The van der Waals surface area contributed by atoms with E-state index in [1.807, 2.05) is 0 Å². The van der Waals surface area contributed by atoms with Gasteiger partial charge in [-0.2, -0.15) is 18.2 Å². The maximum absolute atomic E-state index is 12.7. The van der Waals surface area contributed by atoms with Crippen LogP contribution in [0.15, 0.2) is 6.07 Å². The highest BCUT2D eigenvalue weighted by atomic mass is 35.5. The van der Waals surface area contributed by atoms with Gasteiger partial charge in [0.05, 0.1) is 0 Å². The SMILES string of the molecule is CCC1CCCCC1Oc1cc(C(F)(F)F)nc(Cl)n1. The summed E-state index contributed by atoms with van der Waals surface area (Å²) in [5.74, 6) is 0.259. The molecule has 0 aliphatic heterocycles. The average Bonchev–Trinajstić information content (AvgIpc) is 2.37. The van der Waals surface area contributed by atoms with E-state index in [1.54, 1.807) is 0 Å². The molecule has 0 spiro atoms. The van der Waals surface area contributed by atoms with Crippen LogP contribution in [0.2, 0.25) is 5.28 Å². The van der Waals surface area contributed by atoms with Crippen LogP contribution in [0.1, 0.15) is 44.7 Å². The third kappa shape index (κ3) is 3.75. The molecule has 1 fully saturated rings. The molecule has 112 valence electrons. The molecule has 1 aliphatic carbocycles. The predicted molar refractivity (Wildman–Crippen MR) is 68.7 cm³/mol. The monoisotopic (exact) mass is 308 g/mol. The van der Waals surface area contributed by atoms with Gasteiger partial charge in [-0.1, -0.05) is 13.3 Å². The predicted octanol–water partition coefficient (Wildman–Crippen LogP) is 4.50. The normalized spacial score (nSPS) is 23.6. The number of rotatable bonds is 3. The third-order valence-electron chi connectivity index (χ3n) is 3.60. The van der Waals surface area contributed by atoms with Gasteiger partial charge in [-0.15, -0.1) is 0 Å². The Labute approximate surface area is 120 Å². The van der Waals surface area contributed by atoms with Crippen molar-refractivity contribution in [1.82, 2.24) is 9.97 Å². The lowest BCUT2D eigenvalue weighted by Gasteiger charge is -2.30. The van der Waals surface area contributed by atoms with Crippen molar-refractivity contribution in [3.8, 4) is 5.88 Å². The van der Waals surface area contributed by atoms with E-state index in [9.17, 15) is 13.2 Å². The molecule has 3 nitrogen and oxygen atoms in total. The summed E-state index contributed by atoms with van der Waals surface area (Å²) in [6.07, 6.45) is 0.314. The number of halogens is 4. The van der Waals surface area contributed by atoms with Gasteiger partial charge in [0.1, 0.15) is 6.10 Å². The summed E-state index contributed by atoms with van der Waals surface area (Å²) in [4.78, 5) is 6.93. The number of ether oxygens (including phenoxy) is 1. The quantitative estimate of drug-likeness (QED) is 0.771. The Kier molecular flexibility index (Phi) is 4.73. The Hall–Kier alpha value is -1.04. The van der Waals surface area contributed by atoms with E-state index in [-0.39, 0.29) is 12.0 Å². The second kappa shape index (κ2) is 6.16. The van der Waals surface area contributed by atoms with Crippen LogP contribution in [0.4, 0.5) is 13.2 Å². The highest BCUT2D eigenvalue weighted by Gasteiger charge is 2.34. The van der Waals surface area contributed by atoms with E-state index in [2.05, 4.69) is 16.9 Å². The molecular weight excluding hydrogens is 293 g/mol. The minimum absolute atomic E-state index is 0.0947. The fourth-order valence-electron chi connectivity index (χ4n) is 2.55. The van der Waals surface area contributed by atoms with Gasteiger partial charge >= 0.3 is 6.18 Å². The molecule has 7 heteroatoms. The fraction of sp³-hybridized carbons (Fsp3) is 0.692. The summed E-state index contributed by atoms with van der Waals surface area (Å²) in [6.45, 7) is 2.06. The van der Waals surface area contributed by atoms with Gasteiger partial charge in [-0.25, -0.2) is 4.98 Å². The minimum atomic E-state index is -4.55. The molecule has 0 N–H and O–H groups in total. The number of nitrogens with zero attached hydrogens (tertiary/aromatic N) is 2. The minimum Gasteiger partial charge on any atom is -0.474 e. The van der Waals surface area contributed by atoms with E-state index >= 15 is 0 Å². The van der Waals surface area contributed by atoms with Gasteiger partial charge in [-0.3, -0.25) is 0 Å². The van der Waals surface area contributed by atoms with Gasteiger partial charge in [0.15, 0.2) is 5.69 Å². The molecule has 1 heterocycles. The molecule has 1 aromatic rings. The molecule has 1 aromatic heterocycles. The number of hydrogen-bond donors (Lipinski definition) is 0. The van der Waals surface area contributed by atoms with Crippen LogP contribution >= 0.6 is 11.6 Å². The summed E-state index contributed by atoms with van der Waals surface area (Å²) in [5, 5.41) is -0.446. The fourth-order valence-corrected chi connectivity index (χ4v) is 2.73. The molecule has 2 atom stereocenters. The van der Waals surface area contributed by atoms with Gasteiger partial charge in [0.2, 0.25) is 11.2 Å². The first-order valence-electron chi connectivity index (χ1n) is 6.68. The lowest BCUT2D eigenvalue weighted by atomic mass is 9.85. The Bertz CT molecular complexity index is 467. The third-order valence-corrected chi connectivity index (χ3v) is 3.77. The van der Waals surface area contributed by atoms with E-state index in [0.717, 1.165) is 38.2 Å². The van der Waals surface area contributed by atoms with Gasteiger partial charge in [0.25, 0.3) is 0 Å². The Morgan fingerprint density at radius 2 is 2.00 bits per heavy atom. The molecule has 2 unspecified atom stereocenters. The van der Waals surface area contributed by atoms with E-state index in [1.165, 1.54) is 0 Å². The number of hydrogen-bond acceptors (Lipinski definition) is 3. The zero-order valence-corrected chi connectivity index (χ0v) is 11.8. The summed E-state index contributed by atoms with van der Waals surface area (Å²) < 4.78 is 43.6. The van der Waals surface area contributed by atoms with Crippen LogP contribution in [0.3, 0.4) is 0 Å². The van der Waals surface area contributed by atoms with Crippen LogP contribution < -0.4 is 4.74 Å². The van der Waals surface area contributed by atoms with E-state index < -0.39 is 17.2 Å². The number of alkyl halides is 3. The van der Waals surface area contributed by atoms with E-state index in [0.29, 0.717) is 5.92 Å². The summed E-state index contributed by atoms with van der Waals surface area (Å²) in [6, 6.07) is 0.813. The molecule has 0 aromatic carbocycles. The van der Waals surface area contributed by atoms with Gasteiger partial charge < -0.3 is 4.74 Å². The van der Waals surface area contributed by atoms with Crippen LogP contribution in [0.25, 0.3) is 0 Å². The molecule has 0 bridgehead atoms. The van der Waals surface area contributed by atoms with Crippen LogP contribution in [0.5, 0.6) is 5.88 Å². The molecule has 1 aliphatic rings. The maximum atomic E-state index is 12.7. The second-order valence-electron chi connectivity index (χ2n) is 4.97. The van der Waals surface area contributed by atoms with Gasteiger partial charge in [0, 0.05) is 6.07 Å². The molecule has 1 saturated carbocycles. The first kappa shape index (κ1) is 15.4. The zero-order chi connectivity index (χ0) is 14.8. The zero-order valence-electron chi connectivity index (χ0n) is 11.1. The van der Waals surface area contributed by atoms with Crippen LogP contribution in [-0.2, 0) is 6.18 Å². The van der Waals surface area contributed by atoms with Crippen molar-refractivity contribution in [2.45, 2.75) is 51.3 Å². The van der Waals surface area contributed by atoms with Crippen molar-refractivity contribution < 1.29 is 17.9 Å². The second-order valence-corrected chi connectivity index (χ2v) is 5.31. The van der Waals surface area contributed by atoms with Crippen molar-refractivity contribution in [3.63, 3.8) is 0 Å². The first-order valence-corrected chi connectivity index (χ1v) is 7.06. The van der Waals surface area contributed by atoms with E-state index in [4.69, 9.17) is 16.3 Å². The lowest BCUT2D eigenvalue weighted by molar-refractivity contribution is -0.141. The molecule has 20 heavy (non-hydrogen) atoms. The molecule has 0 saturated heterocycles. The topological polar surface area (TPSA) is 35.0 Å².